The highest BCUT2D eigenvalue weighted by molar-refractivity contribution is 5.95. The fourth-order valence-electron chi connectivity index (χ4n) is 1.46. The number of anilines is 2. The molecule has 0 aliphatic heterocycles. The predicted molar refractivity (Wildman–Crippen MR) is 67.1 cm³/mol. The summed E-state index contributed by atoms with van der Waals surface area (Å²) in [6.45, 7) is 2.40. The summed E-state index contributed by atoms with van der Waals surface area (Å²) in [7, 11) is 1.27. The Kier molecular flexibility index (Phi) is 4.47. The summed E-state index contributed by atoms with van der Waals surface area (Å²) in [6.07, 6.45) is 1.35. The third-order valence-electron chi connectivity index (χ3n) is 2.38. The number of hydrogen-bond donors (Lipinski definition) is 2. The molecule has 1 aromatic heterocycles. The molecule has 0 atom stereocenters. The molecule has 0 saturated heterocycles. The van der Waals surface area contributed by atoms with Gasteiger partial charge >= 0.3 is 5.97 Å². The molecule has 0 aliphatic rings. The molecule has 0 fully saturated rings. The minimum atomic E-state index is -0.550. The third kappa shape index (κ3) is 3.09. The van der Waals surface area contributed by atoms with Crippen LogP contribution in [0.3, 0.4) is 0 Å². The topological polar surface area (TPSA) is 112 Å². The van der Waals surface area contributed by atoms with Crippen LogP contribution >= 0.6 is 0 Å². The molecule has 0 aromatic carbocycles. The van der Waals surface area contributed by atoms with Crippen molar-refractivity contribution in [2.75, 3.05) is 30.8 Å². The summed E-state index contributed by atoms with van der Waals surface area (Å²) in [5.74, 6) is -0.577. The van der Waals surface area contributed by atoms with Crippen LogP contribution in [-0.4, -0.2) is 37.1 Å². The molecular formula is C11H16N4O3. The second-order valence-corrected chi connectivity index (χ2v) is 3.60. The first-order chi connectivity index (χ1) is 8.49. The number of aromatic nitrogens is 1. The highest BCUT2D eigenvalue weighted by Gasteiger charge is 2.15. The molecule has 0 bridgehead atoms. The Balaban J connectivity index is 3.09. The van der Waals surface area contributed by atoms with Crippen LogP contribution in [0.25, 0.3) is 0 Å². The van der Waals surface area contributed by atoms with E-state index in [0.717, 1.165) is 0 Å². The number of carbonyl (C=O) groups excluding carboxylic acids is 2. The van der Waals surface area contributed by atoms with Gasteiger partial charge in [0.1, 0.15) is 5.82 Å². The highest BCUT2D eigenvalue weighted by Crippen LogP contribution is 2.18. The van der Waals surface area contributed by atoms with Crippen LogP contribution in [0.1, 0.15) is 17.3 Å². The number of rotatable bonds is 5. The molecule has 4 N–H and O–H groups in total. The Morgan fingerprint density at radius 2 is 2.17 bits per heavy atom. The number of nitrogens with two attached hydrogens (primary N) is 2. The molecule has 7 nitrogen and oxygen atoms in total. The largest absolute Gasteiger partial charge is 0.465 e. The van der Waals surface area contributed by atoms with Gasteiger partial charge in [0.25, 0.3) is 0 Å². The molecule has 7 heteroatoms. The van der Waals surface area contributed by atoms with E-state index in [0.29, 0.717) is 12.4 Å². The van der Waals surface area contributed by atoms with E-state index in [4.69, 9.17) is 11.5 Å². The lowest BCUT2D eigenvalue weighted by Crippen LogP contribution is -2.34. The average Bonchev–Trinajstić information content (AvgIpc) is 2.35. The number of carbonyl (C=O) groups is 2. The molecule has 0 radical (unpaired) electrons. The first kappa shape index (κ1) is 13.8. The number of methoxy groups -OCH3 is 1. The van der Waals surface area contributed by atoms with Gasteiger partial charge in [0.15, 0.2) is 0 Å². The number of likely N-dealkylation sites (N-methyl/N-ethyl adjacent to an activating group) is 1. The minimum absolute atomic E-state index is 0.0219. The van der Waals surface area contributed by atoms with E-state index < -0.39 is 11.9 Å². The number of esters is 1. The van der Waals surface area contributed by atoms with Gasteiger partial charge in [0, 0.05) is 6.54 Å². The molecule has 0 unspecified atom stereocenters. The molecule has 0 aliphatic carbocycles. The van der Waals surface area contributed by atoms with Crippen molar-refractivity contribution in [3.8, 4) is 0 Å². The Bertz CT molecular complexity index is 462. The van der Waals surface area contributed by atoms with Gasteiger partial charge < -0.3 is 21.1 Å². The second kappa shape index (κ2) is 5.85. The van der Waals surface area contributed by atoms with Crippen molar-refractivity contribution in [2.24, 2.45) is 5.73 Å². The standard InChI is InChI=1S/C11H16N4O3/c1-3-15(6-9(13)16)10-4-7(11(17)18-2)8(12)5-14-10/h4-5H,3,6,12H2,1-2H3,(H2,13,16). The molecule has 1 amide bonds. The second-order valence-electron chi connectivity index (χ2n) is 3.60. The molecule has 1 heterocycles. The predicted octanol–water partition coefficient (Wildman–Crippen LogP) is -0.238. The normalized spacial score (nSPS) is 9.89. The SMILES string of the molecule is CCN(CC(N)=O)c1cc(C(=O)OC)c(N)cn1. The Labute approximate surface area is 105 Å². The first-order valence-electron chi connectivity index (χ1n) is 5.36. The van der Waals surface area contributed by atoms with Crippen LogP contribution in [0.2, 0.25) is 0 Å². The zero-order valence-corrected chi connectivity index (χ0v) is 10.3. The summed E-state index contributed by atoms with van der Waals surface area (Å²) in [4.78, 5) is 28.1. The van der Waals surface area contributed by atoms with Crippen LogP contribution in [0.15, 0.2) is 12.3 Å². The van der Waals surface area contributed by atoms with Gasteiger partial charge in [-0.1, -0.05) is 0 Å². The lowest BCUT2D eigenvalue weighted by atomic mass is 10.2. The fourth-order valence-corrected chi connectivity index (χ4v) is 1.46. The Morgan fingerprint density at radius 3 is 2.67 bits per heavy atom. The first-order valence-corrected chi connectivity index (χ1v) is 5.36. The summed E-state index contributed by atoms with van der Waals surface area (Å²) in [5, 5.41) is 0. The highest BCUT2D eigenvalue weighted by atomic mass is 16.5. The molecule has 0 saturated carbocycles. The van der Waals surface area contributed by atoms with Gasteiger partial charge in [-0.05, 0) is 13.0 Å². The van der Waals surface area contributed by atoms with E-state index in [2.05, 4.69) is 9.72 Å². The van der Waals surface area contributed by atoms with Crippen molar-refractivity contribution >= 4 is 23.4 Å². The van der Waals surface area contributed by atoms with Crippen molar-refractivity contribution in [3.05, 3.63) is 17.8 Å². The Morgan fingerprint density at radius 1 is 1.50 bits per heavy atom. The maximum Gasteiger partial charge on any atom is 0.340 e. The van der Waals surface area contributed by atoms with E-state index in [1.807, 2.05) is 6.92 Å². The van der Waals surface area contributed by atoms with Gasteiger partial charge in [-0.25, -0.2) is 9.78 Å². The van der Waals surface area contributed by atoms with Crippen LogP contribution in [0.4, 0.5) is 11.5 Å². The van der Waals surface area contributed by atoms with E-state index in [9.17, 15) is 9.59 Å². The van der Waals surface area contributed by atoms with Gasteiger partial charge in [-0.15, -0.1) is 0 Å². The number of nitrogens with zero attached hydrogens (tertiary/aromatic N) is 2. The Hall–Kier alpha value is -2.31. The van der Waals surface area contributed by atoms with Crippen LogP contribution in [-0.2, 0) is 9.53 Å². The molecule has 1 rings (SSSR count). The number of nitrogen functional groups attached to an aromatic ring is 1. The van der Waals surface area contributed by atoms with Gasteiger partial charge in [0.2, 0.25) is 5.91 Å². The number of ether oxygens (including phenoxy) is 1. The van der Waals surface area contributed by atoms with Crippen molar-refractivity contribution in [1.82, 2.24) is 4.98 Å². The summed E-state index contributed by atoms with van der Waals surface area (Å²) in [6, 6.07) is 1.48. The van der Waals surface area contributed by atoms with E-state index in [1.54, 1.807) is 4.90 Å². The molecular weight excluding hydrogens is 236 g/mol. The summed E-state index contributed by atoms with van der Waals surface area (Å²) < 4.78 is 4.61. The van der Waals surface area contributed by atoms with Gasteiger partial charge in [-0.3, -0.25) is 4.79 Å². The zero-order valence-electron chi connectivity index (χ0n) is 10.3. The number of pyridine rings is 1. The summed E-state index contributed by atoms with van der Waals surface area (Å²) >= 11 is 0. The number of primary amides is 1. The lowest BCUT2D eigenvalue weighted by Gasteiger charge is -2.20. The third-order valence-corrected chi connectivity index (χ3v) is 2.38. The monoisotopic (exact) mass is 252 g/mol. The number of amides is 1. The molecule has 0 spiro atoms. The maximum absolute atomic E-state index is 11.5. The van der Waals surface area contributed by atoms with Crippen LogP contribution < -0.4 is 16.4 Å². The van der Waals surface area contributed by atoms with Crippen LogP contribution in [0.5, 0.6) is 0 Å². The molecule has 1 aromatic rings. The van der Waals surface area contributed by atoms with Crippen molar-refractivity contribution in [2.45, 2.75) is 6.92 Å². The van der Waals surface area contributed by atoms with E-state index in [1.165, 1.54) is 19.4 Å². The smallest absolute Gasteiger partial charge is 0.340 e. The van der Waals surface area contributed by atoms with E-state index in [-0.39, 0.29) is 17.8 Å². The maximum atomic E-state index is 11.5. The summed E-state index contributed by atoms with van der Waals surface area (Å²) in [5.41, 5.74) is 11.2. The fraction of sp³-hybridized carbons (Fsp3) is 0.364. The van der Waals surface area contributed by atoms with Crippen molar-refractivity contribution in [3.63, 3.8) is 0 Å². The lowest BCUT2D eigenvalue weighted by molar-refractivity contribution is -0.116. The van der Waals surface area contributed by atoms with Gasteiger partial charge in [0.05, 0.1) is 31.1 Å². The van der Waals surface area contributed by atoms with Gasteiger partial charge in [-0.2, -0.15) is 0 Å². The minimum Gasteiger partial charge on any atom is -0.465 e. The molecule has 18 heavy (non-hydrogen) atoms. The van der Waals surface area contributed by atoms with E-state index >= 15 is 0 Å². The average molecular weight is 252 g/mol. The van der Waals surface area contributed by atoms with Crippen LogP contribution in [0, 0.1) is 0 Å². The number of hydrogen-bond acceptors (Lipinski definition) is 6. The van der Waals surface area contributed by atoms with Crippen molar-refractivity contribution < 1.29 is 14.3 Å². The zero-order chi connectivity index (χ0) is 13.7. The molecule has 98 valence electrons. The quantitative estimate of drug-likeness (QED) is 0.700. The van der Waals surface area contributed by atoms with Crippen molar-refractivity contribution in [1.29, 1.82) is 0 Å².